The highest BCUT2D eigenvalue weighted by molar-refractivity contribution is 5.89. The van der Waals surface area contributed by atoms with E-state index in [1.165, 1.54) is 214 Å². The van der Waals surface area contributed by atoms with E-state index in [0.29, 0.717) is 11.1 Å². The van der Waals surface area contributed by atoms with E-state index in [2.05, 4.69) is 131 Å². The third-order valence-corrected chi connectivity index (χ3v) is 18.7. The topological polar surface area (TPSA) is 0 Å². The molecule has 7 aromatic carbocycles. The van der Waals surface area contributed by atoms with Crippen LogP contribution in [0.4, 0.5) is 13.2 Å². The maximum Gasteiger partial charge on any atom is 0.417 e. The summed E-state index contributed by atoms with van der Waals surface area (Å²) in [5, 5.41) is 0. The minimum atomic E-state index is -4.50. The first-order valence-corrected chi connectivity index (χ1v) is 32.1. The van der Waals surface area contributed by atoms with Gasteiger partial charge in [0.25, 0.3) is 0 Å². The molecule has 2 aliphatic carbocycles. The summed E-state index contributed by atoms with van der Waals surface area (Å²) in [5.74, 6) is 0. The highest BCUT2D eigenvalue weighted by Crippen LogP contribution is 2.58. The lowest BCUT2D eigenvalue weighted by atomic mass is 9.69. The maximum atomic E-state index is 15.1. The van der Waals surface area contributed by atoms with E-state index in [0.717, 1.165) is 44.1 Å². The van der Waals surface area contributed by atoms with Crippen LogP contribution in [-0.4, -0.2) is 0 Å². The number of unbranched alkanes of at least 4 members (excludes halogenated alkanes) is 20. The van der Waals surface area contributed by atoms with Gasteiger partial charge in [-0.25, -0.2) is 0 Å². The predicted octanol–water partition coefficient (Wildman–Crippen LogP) is 24.9. The average Bonchev–Trinajstić information content (AvgIpc) is 4.01. The molecule has 0 aromatic heterocycles. The van der Waals surface area contributed by atoms with Gasteiger partial charge in [0.2, 0.25) is 0 Å². The summed E-state index contributed by atoms with van der Waals surface area (Å²) in [5.41, 5.74) is 17.7. The van der Waals surface area contributed by atoms with Crippen molar-refractivity contribution in [2.24, 2.45) is 0 Å². The number of benzene rings is 7. The molecule has 0 radical (unpaired) electrons. The maximum absolute atomic E-state index is 15.1. The van der Waals surface area contributed by atoms with Gasteiger partial charge in [0, 0.05) is 10.8 Å². The molecule has 0 fully saturated rings. The molecule has 0 saturated heterocycles. The van der Waals surface area contributed by atoms with Crippen molar-refractivity contribution >= 4 is 0 Å². The van der Waals surface area contributed by atoms with Gasteiger partial charge in [0.15, 0.2) is 0 Å². The smallest absolute Gasteiger partial charge is 0.166 e. The van der Waals surface area contributed by atoms with Crippen molar-refractivity contribution < 1.29 is 13.2 Å². The van der Waals surface area contributed by atoms with E-state index in [-0.39, 0.29) is 16.4 Å². The van der Waals surface area contributed by atoms with Gasteiger partial charge in [0.05, 0.1) is 5.56 Å². The molecule has 0 bridgehead atoms. The highest BCUT2D eigenvalue weighted by Gasteiger charge is 2.45. The van der Waals surface area contributed by atoms with Crippen LogP contribution in [0.25, 0.3) is 66.8 Å². The van der Waals surface area contributed by atoms with E-state index >= 15 is 13.2 Å². The third-order valence-electron chi connectivity index (χ3n) is 18.7. The van der Waals surface area contributed by atoms with Crippen LogP contribution in [0, 0.1) is 0 Å². The summed E-state index contributed by atoms with van der Waals surface area (Å²) in [6.07, 6.45) is 29.9. The number of fused-ring (bicyclic) bond motifs is 6. The predicted molar refractivity (Wildman–Crippen MR) is 338 cm³/mol. The Hall–Kier alpha value is -5.67. The lowest BCUT2D eigenvalue weighted by Gasteiger charge is -2.34. The first-order chi connectivity index (χ1) is 39.2. The van der Waals surface area contributed by atoms with Gasteiger partial charge < -0.3 is 0 Å². The van der Waals surface area contributed by atoms with E-state index in [1.807, 2.05) is 24.3 Å². The number of hydrogen-bond donors (Lipinski definition) is 0. The zero-order chi connectivity index (χ0) is 55.8. The molecule has 0 nitrogen and oxygen atoms in total. The molecule has 0 N–H and O–H groups in total. The van der Waals surface area contributed by atoms with Crippen LogP contribution in [0.5, 0.6) is 0 Å². The Morgan fingerprint density at radius 3 is 0.838 bits per heavy atom. The molecule has 0 atom stereocenters. The first kappa shape index (κ1) is 59.0. The van der Waals surface area contributed by atoms with Crippen molar-refractivity contribution in [3.8, 4) is 66.8 Å². The molecule has 9 rings (SSSR count). The van der Waals surface area contributed by atoms with Gasteiger partial charge in [-0.1, -0.05) is 303 Å². The summed E-state index contributed by atoms with van der Waals surface area (Å²) in [6, 6.07) is 54.0. The summed E-state index contributed by atoms with van der Waals surface area (Å²) >= 11 is 0. The van der Waals surface area contributed by atoms with E-state index in [1.54, 1.807) is 18.2 Å². The second-order valence-corrected chi connectivity index (χ2v) is 24.3. The Balaban J connectivity index is 1.16. The van der Waals surface area contributed by atoms with Gasteiger partial charge in [-0.2, -0.15) is 13.2 Å². The fourth-order valence-corrected chi connectivity index (χ4v) is 14.3. The fraction of sp³-hybridized carbons (Fsp3) is 0.455. The van der Waals surface area contributed by atoms with Crippen LogP contribution in [0.15, 0.2) is 152 Å². The van der Waals surface area contributed by atoms with Crippen molar-refractivity contribution in [2.45, 2.75) is 224 Å². The first-order valence-electron chi connectivity index (χ1n) is 32.1. The Kier molecular flexibility index (Phi) is 20.9. The van der Waals surface area contributed by atoms with Crippen LogP contribution in [0.3, 0.4) is 0 Å². The lowest BCUT2D eigenvalue weighted by Crippen LogP contribution is -2.26. The van der Waals surface area contributed by atoms with E-state index in [4.69, 9.17) is 0 Å². The van der Waals surface area contributed by atoms with Crippen LogP contribution in [-0.2, 0) is 17.0 Å². The number of halogens is 3. The molecule has 7 aromatic rings. The zero-order valence-electron chi connectivity index (χ0n) is 49.4. The second kappa shape index (κ2) is 28.3. The highest BCUT2D eigenvalue weighted by atomic mass is 19.4. The SMILES string of the molecule is CCCCCCCCC1(CCCCCCCC)c2cc(-c3ccccc3)ccc2-c2ccc(-c3ccc4c(c3)C(CCCCCCCC)(CCCCCCCC)c3cc(-c5ccc(-c6ccccc6)c(C(F)(F)F)c5)ccc3-4)cc21. The molecular formula is C77H93F3. The van der Waals surface area contributed by atoms with Gasteiger partial charge in [-0.05, 0) is 145 Å². The van der Waals surface area contributed by atoms with E-state index in [9.17, 15) is 0 Å². The van der Waals surface area contributed by atoms with Crippen molar-refractivity contribution in [3.63, 3.8) is 0 Å². The van der Waals surface area contributed by atoms with Crippen molar-refractivity contribution in [1.29, 1.82) is 0 Å². The van der Waals surface area contributed by atoms with Crippen LogP contribution < -0.4 is 0 Å². The molecule has 0 heterocycles. The van der Waals surface area contributed by atoms with Crippen molar-refractivity contribution in [2.75, 3.05) is 0 Å². The Morgan fingerprint density at radius 1 is 0.263 bits per heavy atom. The summed E-state index contributed by atoms with van der Waals surface area (Å²) in [7, 11) is 0. The molecule has 0 saturated carbocycles. The lowest BCUT2D eigenvalue weighted by molar-refractivity contribution is -0.137. The van der Waals surface area contributed by atoms with Crippen molar-refractivity contribution in [1.82, 2.24) is 0 Å². The zero-order valence-corrected chi connectivity index (χ0v) is 49.4. The number of rotatable bonds is 32. The Labute approximate surface area is 481 Å². The molecule has 0 spiro atoms. The van der Waals surface area contributed by atoms with Gasteiger partial charge in [-0.15, -0.1) is 0 Å². The van der Waals surface area contributed by atoms with E-state index < -0.39 is 11.7 Å². The van der Waals surface area contributed by atoms with Crippen LogP contribution >= 0.6 is 0 Å². The van der Waals surface area contributed by atoms with Crippen LogP contribution in [0.2, 0.25) is 0 Å². The number of alkyl halides is 3. The molecule has 0 unspecified atom stereocenters. The standard InChI is InChI=1S/C77H93F3/c1-5-9-13-17-21-31-49-75(50-32-22-18-14-10-6-2)70-53-60(58-35-27-25-28-36-58)40-45-66(70)67-46-41-61(54-71(67)75)62-42-47-68-69-48-43-63(64-39-44-65(59-37-29-26-30-38-59)74(57-64)77(78,79)80)56-73(69)76(72(68)55-62,51-33-23-19-15-11-7-3)52-34-24-20-16-12-8-4/h25-30,35-48,53-57H,5-24,31-34,49-52H2,1-4H3. The van der Waals surface area contributed by atoms with Crippen LogP contribution in [0.1, 0.15) is 235 Å². The minimum absolute atomic E-state index is 0.0745. The summed E-state index contributed by atoms with van der Waals surface area (Å²) in [4.78, 5) is 0. The molecule has 2 aliphatic rings. The molecule has 422 valence electrons. The average molecular weight is 1080 g/mol. The second-order valence-electron chi connectivity index (χ2n) is 24.3. The normalized spacial score (nSPS) is 13.8. The largest absolute Gasteiger partial charge is 0.417 e. The number of hydrogen-bond acceptors (Lipinski definition) is 0. The molecular weight excluding hydrogens is 982 g/mol. The van der Waals surface area contributed by atoms with Gasteiger partial charge in [-0.3, -0.25) is 0 Å². The molecule has 0 aliphatic heterocycles. The molecule has 3 heteroatoms. The third kappa shape index (κ3) is 13.5. The monoisotopic (exact) mass is 1070 g/mol. The Bertz CT molecular complexity index is 3020. The van der Waals surface area contributed by atoms with Gasteiger partial charge in [0.1, 0.15) is 0 Å². The quantitative estimate of drug-likeness (QED) is 0.0369. The summed E-state index contributed by atoms with van der Waals surface area (Å²) in [6.45, 7) is 9.21. The Morgan fingerprint density at radius 2 is 0.525 bits per heavy atom. The molecule has 80 heavy (non-hydrogen) atoms. The van der Waals surface area contributed by atoms with Gasteiger partial charge >= 0.3 is 6.18 Å². The summed E-state index contributed by atoms with van der Waals surface area (Å²) < 4.78 is 45.3. The van der Waals surface area contributed by atoms with Crippen molar-refractivity contribution in [3.05, 3.63) is 179 Å². The fourth-order valence-electron chi connectivity index (χ4n) is 14.3. The minimum Gasteiger partial charge on any atom is -0.166 e. The molecule has 0 amide bonds.